The van der Waals surface area contributed by atoms with Gasteiger partial charge < -0.3 is 0 Å². The van der Waals surface area contributed by atoms with Gasteiger partial charge in [0.25, 0.3) is 5.65 Å². The molecule has 102 valence electrons. The second-order valence-corrected chi connectivity index (χ2v) is 5.20. The zero-order chi connectivity index (χ0) is 14.5. The van der Waals surface area contributed by atoms with Gasteiger partial charge in [-0.05, 0) is 16.5 Å². The number of fused-ring (bicyclic) bond motifs is 3. The molecule has 0 radical (unpaired) electrons. The van der Waals surface area contributed by atoms with E-state index in [1.807, 2.05) is 0 Å². The van der Waals surface area contributed by atoms with Crippen molar-refractivity contribution in [1.29, 1.82) is 0 Å². The first-order valence-corrected chi connectivity index (χ1v) is 6.60. The summed E-state index contributed by atoms with van der Waals surface area (Å²) < 4.78 is 33.4. The zero-order valence-corrected chi connectivity index (χ0v) is 10.4. The van der Waals surface area contributed by atoms with Crippen molar-refractivity contribution >= 4 is 32.4 Å². The summed E-state index contributed by atoms with van der Waals surface area (Å²) in [6, 6.07) is 5.88. The lowest BCUT2D eigenvalue weighted by atomic mass is 10.2. The smallest absolute Gasteiger partial charge is 0.282 e. The summed E-state index contributed by atoms with van der Waals surface area (Å²) in [5, 5.41) is 21.4. The molecule has 0 saturated carbocycles. The van der Waals surface area contributed by atoms with E-state index in [-0.39, 0.29) is 16.6 Å². The topological polar surface area (TPSA) is 141 Å². The van der Waals surface area contributed by atoms with Crippen LogP contribution in [0.3, 0.4) is 0 Å². The van der Waals surface area contributed by atoms with E-state index in [0.717, 1.165) is 4.52 Å². The minimum Gasteiger partial charge on any atom is -0.282 e. The SMILES string of the molecule is O=[N+]([O-])c1c(S(=O)(=O)O)c2ccccc2n2nnnc12. The number of hydrogen-bond acceptors (Lipinski definition) is 7. The van der Waals surface area contributed by atoms with Gasteiger partial charge in [-0.15, -0.1) is 5.10 Å². The number of nitrogens with zero attached hydrogens (tertiary/aromatic N) is 5. The second-order valence-electron chi connectivity index (χ2n) is 3.84. The van der Waals surface area contributed by atoms with Crippen LogP contribution in [0.5, 0.6) is 0 Å². The Kier molecular flexibility index (Phi) is 2.42. The highest BCUT2D eigenvalue weighted by molar-refractivity contribution is 7.86. The first-order chi connectivity index (χ1) is 9.41. The molecule has 2 heterocycles. The summed E-state index contributed by atoms with van der Waals surface area (Å²) in [7, 11) is -4.82. The van der Waals surface area contributed by atoms with Gasteiger partial charge >= 0.3 is 15.8 Å². The van der Waals surface area contributed by atoms with Crippen LogP contribution in [-0.4, -0.2) is 37.9 Å². The van der Waals surface area contributed by atoms with Crippen LogP contribution in [0.2, 0.25) is 0 Å². The fourth-order valence-electron chi connectivity index (χ4n) is 2.00. The van der Waals surface area contributed by atoms with E-state index in [0.29, 0.717) is 0 Å². The maximum Gasteiger partial charge on any atom is 0.337 e. The molecule has 0 fully saturated rings. The van der Waals surface area contributed by atoms with Crippen molar-refractivity contribution in [1.82, 2.24) is 20.0 Å². The zero-order valence-electron chi connectivity index (χ0n) is 9.53. The number of benzene rings is 1. The molecule has 0 saturated heterocycles. The van der Waals surface area contributed by atoms with Crippen LogP contribution >= 0.6 is 0 Å². The summed E-state index contributed by atoms with van der Waals surface area (Å²) in [5.41, 5.74) is -0.997. The van der Waals surface area contributed by atoms with Gasteiger partial charge in [-0.1, -0.05) is 18.2 Å². The third kappa shape index (κ3) is 1.60. The Balaban J connectivity index is 2.74. The summed E-state index contributed by atoms with van der Waals surface area (Å²) in [4.78, 5) is 9.38. The Bertz CT molecular complexity index is 963. The molecule has 2 aromatic heterocycles. The fourth-order valence-corrected chi connectivity index (χ4v) is 2.86. The Morgan fingerprint density at radius 2 is 2.00 bits per heavy atom. The van der Waals surface area contributed by atoms with E-state index >= 15 is 0 Å². The molecule has 0 atom stereocenters. The van der Waals surface area contributed by atoms with Gasteiger partial charge in [0.1, 0.15) is 0 Å². The van der Waals surface area contributed by atoms with Gasteiger partial charge in [-0.2, -0.15) is 12.9 Å². The van der Waals surface area contributed by atoms with Crippen LogP contribution in [-0.2, 0) is 10.1 Å². The molecule has 0 spiro atoms. The predicted molar refractivity (Wildman–Crippen MR) is 64.8 cm³/mol. The van der Waals surface area contributed by atoms with E-state index in [9.17, 15) is 23.1 Å². The Hall–Kier alpha value is -2.66. The quantitative estimate of drug-likeness (QED) is 0.407. The largest absolute Gasteiger partial charge is 0.337 e. The number of hydrogen-bond donors (Lipinski definition) is 1. The minimum absolute atomic E-state index is 0.0403. The van der Waals surface area contributed by atoms with E-state index in [1.165, 1.54) is 18.2 Å². The molecule has 0 amide bonds. The first-order valence-electron chi connectivity index (χ1n) is 5.16. The van der Waals surface area contributed by atoms with Crippen molar-refractivity contribution in [3.8, 4) is 0 Å². The highest BCUT2D eigenvalue weighted by Gasteiger charge is 2.33. The highest BCUT2D eigenvalue weighted by atomic mass is 32.2. The Morgan fingerprint density at radius 1 is 1.30 bits per heavy atom. The van der Waals surface area contributed by atoms with Gasteiger partial charge in [0.2, 0.25) is 0 Å². The maximum absolute atomic E-state index is 11.5. The molecule has 0 bridgehead atoms. The molecule has 20 heavy (non-hydrogen) atoms. The van der Waals surface area contributed by atoms with Crippen LogP contribution in [0, 0.1) is 10.1 Å². The van der Waals surface area contributed by atoms with Crippen LogP contribution in [0.4, 0.5) is 5.69 Å². The lowest BCUT2D eigenvalue weighted by Gasteiger charge is -2.06. The normalized spacial score (nSPS) is 12.1. The van der Waals surface area contributed by atoms with Crippen molar-refractivity contribution in [3.63, 3.8) is 0 Å². The molecule has 3 aromatic rings. The highest BCUT2D eigenvalue weighted by Crippen LogP contribution is 2.34. The molecule has 0 aliphatic carbocycles. The monoisotopic (exact) mass is 295 g/mol. The molecule has 11 heteroatoms. The standard InChI is InChI=1S/C9H5N5O5S/c15-14(16)7-8(20(17,18)19)5-3-1-2-4-6(5)13-9(7)10-11-12-13/h1-4H,(H,17,18,19). The van der Waals surface area contributed by atoms with Gasteiger partial charge in [0, 0.05) is 5.39 Å². The molecule has 0 unspecified atom stereocenters. The summed E-state index contributed by atoms with van der Waals surface area (Å²) >= 11 is 0. The van der Waals surface area contributed by atoms with E-state index in [4.69, 9.17) is 0 Å². The summed E-state index contributed by atoms with van der Waals surface area (Å²) in [6.45, 7) is 0. The van der Waals surface area contributed by atoms with E-state index in [2.05, 4.69) is 15.5 Å². The molecular weight excluding hydrogens is 290 g/mol. The lowest BCUT2D eigenvalue weighted by molar-refractivity contribution is -0.386. The molecule has 1 N–H and O–H groups in total. The average Bonchev–Trinajstić information content (AvgIpc) is 2.84. The molecule has 0 aliphatic heterocycles. The van der Waals surface area contributed by atoms with Crippen molar-refractivity contribution in [3.05, 3.63) is 34.4 Å². The van der Waals surface area contributed by atoms with Gasteiger partial charge in [-0.3, -0.25) is 14.7 Å². The van der Waals surface area contributed by atoms with Crippen molar-refractivity contribution in [2.24, 2.45) is 0 Å². The Labute approximate surface area is 110 Å². The average molecular weight is 295 g/mol. The summed E-state index contributed by atoms with van der Waals surface area (Å²) in [6.07, 6.45) is 0. The first kappa shape index (κ1) is 12.4. The third-order valence-electron chi connectivity index (χ3n) is 2.71. The molecule has 0 aliphatic rings. The fraction of sp³-hybridized carbons (Fsp3) is 0. The van der Waals surface area contributed by atoms with Gasteiger partial charge in [-0.25, -0.2) is 0 Å². The van der Waals surface area contributed by atoms with Crippen molar-refractivity contribution in [2.45, 2.75) is 4.90 Å². The third-order valence-corrected chi connectivity index (χ3v) is 3.64. The Morgan fingerprint density at radius 3 is 2.65 bits per heavy atom. The van der Waals surface area contributed by atoms with Crippen molar-refractivity contribution < 1.29 is 17.9 Å². The second kappa shape index (κ2) is 3.91. The molecule has 3 rings (SSSR count). The van der Waals surface area contributed by atoms with Gasteiger partial charge in [0.15, 0.2) is 4.90 Å². The van der Waals surface area contributed by atoms with Crippen LogP contribution in [0.25, 0.3) is 16.6 Å². The number of para-hydroxylation sites is 1. The number of rotatable bonds is 2. The van der Waals surface area contributed by atoms with Crippen LogP contribution in [0.1, 0.15) is 0 Å². The molecule has 10 nitrogen and oxygen atoms in total. The molecule has 1 aromatic carbocycles. The number of nitro groups is 1. The minimum atomic E-state index is -4.82. The number of pyridine rings is 1. The lowest BCUT2D eigenvalue weighted by Crippen LogP contribution is -2.08. The maximum atomic E-state index is 11.5. The number of aromatic nitrogens is 4. The van der Waals surface area contributed by atoms with E-state index < -0.39 is 25.6 Å². The van der Waals surface area contributed by atoms with E-state index in [1.54, 1.807) is 6.07 Å². The number of tetrazole rings is 1. The predicted octanol–water partition coefficient (Wildman–Crippen LogP) is 0.432. The van der Waals surface area contributed by atoms with Gasteiger partial charge in [0.05, 0.1) is 10.4 Å². The summed E-state index contributed by atoms with van der Waals surface area (Å²) in [5.74, 6) is 0. The van der Waals surface area contributed by atoms with Crippen molar-refractivity contribution in [2.75, 3.05) is 0 Å². The van der Waals surface area contributed by atoms with Crippen LogP contribution < -0.4 is 0 Å². The van der Waals surface area contributed by atoms with Crippen LogP contribution in [0.15, 0.2) is 29.2 Å². The molecular formula is C9H5N5O5S.